The Morgan fingerprint density at radius 1 is 1.20 bits per heavy atom. The Kier molecular flexibility index (Phi) is 2.86. The summed E-state index contributed by atoms with van der Waals surface area (Å²) >= 11 is 0. The van der Waals surface area contributed by atoms with Crippen LogP contribution in [0.25, 0.3) is 16.8 Å². The molecule has 20 heavy (non-hydrogen) atoms. The Balaban J connectivity index is 2.06. The number of aromatic nitrogens is 4. The summed E-state index contributed by atoms with van der Waals surface area (Å²) in [7, 11) is 0. The lowest BCUT2D eigenvalue weighted by Gasteiger charge is -2.01. The van der Waals surface area contributed by atoms with Gasteiger partial charge < -0.3 is 4.40 Å². The maximum absolute atomic E-state index is 11.9. The molecule has 0 unspecified atom stereocenters. The molecular formula is C13H9FN4O2. The highest BCUT2D eigenvalue weighted by molar-refractivity contribution is 5.87. The van der Waals surface area contributed by atoms with E-state index in [1.807, 2.05) is 6.07 Å². The molecule has 0 aliphatic rings. The van der Waals surface area contributed by atoms with E-state index < -0.39 is 5.97 Å². The minimum absolute atomic E-state index is 0.0928. The van der Waals surface area contributed by atoms with Gasteiger partial charge in [-0.3, -0.25) is 0 Å². The zero-order chi connectivity index (χ0) is 14.1. The van der Waals surface area contributed by atoms with Crippen molar-refractivity contribution in [3.63, 3.8) is 0 Å². The van der Waals surface area contributed by atoms with Crippen molar-refractivity contribution in [3.05, 3.63) is 48.4 Å². The summed E-state index contributed by atoms with van der Waals surface area (Å²) in [4.78, 5) is 26.4. The van der Waals surface area contributed by atoms with Crippen LogP contribution in [-0.4, -0.2) is 25.3 Å². The molecule has 6 nitrogen and oxygen atoms in total. The SMILES string of the molecule is Cc1ncc(-c2ccc3nc(C(=O)OF)cn3c2)cn1. The third-order valence-corrected chi connectivity index (χ3v) is 2.84. The molecule has 0 fully saturated rings. The van der Waals surface area contributed by atoms with Crippen LogP contribution < -0.4 is 0 Å². The number of imidazole rings is 1. The molecule has 3 aromatic heterocycles. The molecule has 0 aliphatic heterocycles. The van der Waals surface area contributed by atoms with Crippen LogP contribution in [-0.2, 0) is 4.94 Å². The van der Waals surface area contributed by atoms with E-state index in [-0.39, 0.29) is 5.69 Å². The quantitative estimate of drug-likeness (QED) is 0.714. The van der Waals surface area contributed by atoms with Gasteiger partial charge in [0, 0.05) is 40.4 Å². The van der Waals surface area contributed by atoms with E-state index in [1.165, 1.54) is 6.20 Å². The van der Waals surface area contributed by atoms with Crippen molar-refractivity contribution in [1.82, 2.24) is 19.4 Å². The van der Waals surface area contributed by atoms with Gasteiger partial charge in [0.15, 0.2) is 5.69 Å². The molecule has 0 aliphatic carbocycles. The summed E-state index contributed by atoms with van der Waals surface area (Å²) in [5.74, 6) is -0.431. The van der Waals surface area contributed by atoms with Crippen molar-refractivity contribution in [1.29, 1.82) is 0 Å². The van der Waals surface area contributed by atoms with Crippen LogP contribution in [0, 0.1) is 6.92 Å². The fourth-order valence-electron chi connectivity index (χ4n) is 1.84. The van der Waals surface area contributed by atoms with Gasteiger partial charge in [-0.25, -0.2) is 24.7 Å². The summed E-state index contributed by atoms with van der Waals surface area (Å²) < 4.78 is 13.5. The van der Waals surface area contributed by atoms with Gasteiger partial charge in [0.25, 0.3) is 0 Å². The average molecular weight is 272 g/mol. The maximum Gasteiger partial charge on any atom is 0.399 e. The molecule has 100 valence electrons. The Hall–Kier alpha value is -2.83. The summed E-state index contributed by atoms with van der Waals surface area (Å²) in [6.07, 6.45) is 6.56. The fraction of sp³-hybridized carbons (Fsp3) is 0.0769. The first-order valence-corrected chi connectivity index (χ1v) is 5.78. The number of pyridine rings is 1. The van der Waals surface area contributed by atoms with Crippen LogP contribution in [0.2, 0.25) is 0 Å². The molecule has 0 bridgehead atoms. The number of carbonyl (C=O) groups excluding carboxylic acids is 1. The number of hydrogen-bond donors (Lipinski definition) is 0. The summed E-state index contributed by atoms with van der Waals surface area (Å²) in [6.45, 7) is 1.80. The second-order valence-corrected chi connectivity index (χ2v) is 4.19. The number of nitrogens with zero attached hydrogens (tertiary/aromatic N) is 4. The predicted octanol–water partition coefficient (Wildman–Crippen LogP) is 2.14. The van der Waals surface area contributed by atoms with Crippen LogP contribution in [0.4, 0.5) is 4.53 Å². The van der Waals surface area contributed by atoms with E-state index in [9.17, 15) is 9.32 Å². The average Bonchev–Trinajstić information content (AvgIpc) is 2.90. The van der Waals surface area contributed by atoms with Gasteiger partial charge >= 0.3 is 5.97 Å². The third-order valence-electron chi connectivity index (χ3n) is 2.84. The van der Waals surface area contributed by atoms with Crippen LogP contribution in [0.5, 0.6) is 0 Å². The second kappa shape index (κ2) is 4.69. The lowest BCUT2D eigenvalue weighted by atomic mass is 10.1. The minimum atomic E-state index is -1.12. The highest BCUT2D eigenvalue weighted by atomic mass is 19.3. The van der Waals surface area contributed by atoms with E-state index in [2.05, 4.69) is 19.9 Å². The van der Waals surface area contributed by atoms with Crippen molar-refractivity contribution in [2.45, 2.75) is 6.92 Å². The molecule has 7 heteroatoms. The number of fused-ring (bicyclic) bond motifs is 1. The molecule has 0 aromatic carbocycles. The summed E-state index contributed by atoms with van der Waals surface area (Å²) in [6, 6.07) is 3.53. The molecule has 3 aromatic rings. The van der Waals surface area contributed by atoms with Crippen molar-refractivity contribution in [2.75, 3.05) is 0 Å². The van der Waals surface area contributed by atoms with Gasteiger partial charge in [0.2, 0.25) is 0 Å². The number of rotatable bonds is 2. The van der Waals surface area contributed by atoms with E-state index in [1.54, 1.807) is 36.0 Å². The molecule has 0 N–H and O–H groups in total. The van der Waals surface area contributed by atoms with E-state index in [4.69, 9.17) is 0 Å². The first-order chi connectivity index (χ1) is 9.67. The van der Waals surface area contributed by atoms with Crippen molar-refractivity contribution >= 4 is 11.6 Å². The third kappa shape index (κ3) is 2.09. The van der Waals surface area contributed by atoms with Crippen LogP contribution in [0.3, 0.4) is 0 Å². The molecule has 0 spiro atoms. The lowest BCUT2D eigenvalue weighted by molar-refractivity contribution is -0.0792. The van der Waals surface area contributed by atoms with Crippen molar-refractivity contribution in [2.24, 2.45) is 0 Å². The first-order valence-electron chi connectivity index (χ1n) is 5.78. The second-order valence-electron chi connectivity index (χ2n) is 4.19. The first kappa shape index (κ1) is 12.2. The molecule has 0 saturated heterocycles. The Morgan fingerprint density at radius 3 is 2.65 bits per heavy atom. The lowest BCUT2D eigenvalue weighted by Crippen LogP contribution is -1.97. The maximum atomic E-state index is 11.9. The highest BCUT2D eigenvalue weighted by Gasteiger charge is 2.13. The normalized spacial score (nSPS) is 10.7. The fourth-order valence-corrected chi connectivity index (χ4v) is 1.84. The van der Waals surface area contributed by atoms with E-state index in [0.29, 0.717) is 11.5 Å². The number of carbonyl (C=O) groups is 1. The van der Waals surface area contributed by atoms with E-state index in [0.717, 1.165) is 11.1 Å². The number of halogens is 1. The van der Waals surface area contributed by atoms with Gasteiger partial charge in [-0.15, -0.1) is 0 Å². The molecule has 3 rings (SSSR count). The van der Waals surface area contributed by atoms with Crippen molar-refractivity contribution < 1.29 is 14.3 Å². The minimum Gasteiger partial charge on any atom is -0.306 e. The molecule has 0 radical (unpaired) electrons. The Bertz CT molecular complexity index is 783. The molecule has 0 amide bonds. The topological polar surface area (TPSA) is 69.4 Å². The van der Waals surface area contributed by atoms with E-state index >= 15 is 0 Å². The molecular weight excluding hydrogens is 263 g/mol. The highest BCUT2D eigenvalue weighted by Crippen LogP contribution is 2.19. The Morgan fingerprint density at radius 2 is 1.95 bits per heavy atom. The molecule has 3 heterocycles. The Labute approximate surface area is 112 Å². The van der Waals surface area contributed by atoms with Crippen LogP contribution in [0.15, 0.2) is 36.9 Å². The van der Waals surface area contributed by atoms with Gasteiger partial charge in [-0.05, 0) is 19.1 Å². The summed E-state index contributed by atoms with van der Waals surface area (Å²) in [5.41, 5.74) is 2.11. The zero-order valence-corrected chi connectivity index (χ0v) is 10.4. The standard InChI is InChI=1S/C13H9FN4O2/c1-8-15-4-10(5-16-8)9-2-3-12-17-11(13(19)20-14)7-18(12)6-9/h2-7H,1H3. The van der Waals surface area contributed by atoms with Crippen molar-refractivity contribution in [3.8, 4) is 11.1 Å². The zero-order valence-electron chi connectivity index (χ0n) is 10.4. The predicted molar refractivity (Wildman–Crippen MR) is 67.5 cm³/mol. The largest absolute Gasteiger partial charge is 0.399 e. The van der Waals surface area contributed by atoms with Gasteiger partial charge in [0.1, 0.15) is 11.5 Å². The molecule has 0 atom stereocenters. The number of aryl methyl sites for hydroxylation is 1. The van der Waals surface area contributed by atoms with Gasteiger partial charge in [0.05, 0.1) is 0 Å². The monoisotopic (exact) mass is 272 g/mol. The smallest absolute Gasteiger partial charge is 0.306 e. The van der Waals surface area contributed by atoms with Crippen LogP contribution >= 0.6 is 0 Å². The van der Waals surface area contributed by atoms with Gasteiger partial charge in [-0.1, -0.05) is 0 Å². The van der Waals surface area contributed by atoms with Crippen LogP contribution in [0.1, 0.15) is 16.3 Å². The molecule has 0 saturated carbocycles. The van der Waals surface area contributed by atoms with Gasteiger partial charge in [-0.2, -0.15) is 0 Å². The number of hydrogen-bond acceptors (Lipinski definition) is 5. The summed E-state index contributed by atoms with van der Waals surface area (Å²) in [5, 5.41) is 0.